The van der Waals surface area contributed by atoms with Crippen molar-refractivity contribution >= 4 is 32.5 Å². The van der Waals surface area contributed by atoms with Gasteiger partial charge in [0.25, 0.3) is 5.56 Å². The van der Waals surface area contributed by atoms with Crippen LogP contribution < -0.4 is 5.56 Å². The van der Waals surface area contributed by atoms with Crippen LogP contribution in [0, 0.1) is 13.8 Å². The van der Waals surface area contributed by atoms with E-state index in [0.29, 0.717) is 0 Å². The Hall–Kier alpha value is -2.33. The molecule has 0 N–H and O–H groups in total. The fourth-order valence-electron chi connectivity index (χ4n) is 3.13. The zero-order chi connectivity index (χ0) is 16.1. The Kier molecular flexibility index (Phi) is 3.16. The SMILES string of the molecule is Cc1c(Br)c2n(-c3ccccc3)c(=O)c3ccccc3n2c1C. The normalized spacial score (nSPS) is 11.4. The third-order valence-electron chi connectivity index (χ3n) is 4.42. The molecule has 0 radical (unpaired) electrons. The van der Waals surface area contributed by atoms with Gasteiger partial charge >= 0.3 is 0 Å². The van der Waals surface area contributed by atoms with Crippen LogP contribution in [0.1, 0.15) is 11.3 Å². The van der Waals surface area contributed by atoms with Crippen LogP contribution in [0.15, 0.2) is 63.9 Å². The molecule has 4 rings (SSSR count). The summed E-state index contributed by atoms with van der Waals surface area (Å²) >= 11 is 3.69. The molecule has 0 saturated carbocycles. The minimum absolute atomic E-state index is 0.00231. The van der Waals surface area contributed by atoms with Crippen LogP contribution in [0.25, 0.3) is 22.2 Å². The molecule has 4 aromatic rings. The van der Waals surface area contributed by atoms with Crippen molar-refractivity contribution in [2.24, 2.45) is 0 Å². The molecule has 2 heterocycles. The Balaban J connectivity index is 2.36. The van der Waals surface area contributed by atoms with Crippen LogP contribution in [-0.2, 0) is 0 Å². The molecule has 0 aliphatic carbocycles. The van der Waals surface area contributed by atoms with Gasteiger partial charge in [0.05, 0.1) is 21.1 Å². The molecule has 0 atom stereocenters. The first-order valence-electron chi connectivity index (χ1n) is 7.47. The monoisotopic (exact) mass is 366 g/mol. The smallest absolute Gasteiger partial charge is 0.266 e. The Morgan fingerprint density at radius 1 is 0.913 bits per heavy atom. The highest BCUT2D eigenvalue weighted by Gasteiger charge is 2.19. The minimum Gasteiger partial charge on any atom is -0.298 e. The molecular formula is C19H15BrN2O. The van der Waals surface area contributed by atoms with E-state index in [0.717, 1.165) is 38.0 Å². The fourth-order valence-corrected chi connectivity index (χ4v) is 3.77. The predicted octanol–water partition coefficient (Wildman–Crippen LogP) is 4.62. The molecule has 0 aliphatic heterocycles. The Morgan fingerprint density at radius 2 is 1.57 bits per heavy atom. The Labute approximate surface area is 141 Å². The molecule has 0 saturated heterocycles. The molecule has 0 bridgehead atoms. The van der Waals surface area contributed by atoms with E-state index < -0.39 is 0 Å². The number of rotatable bonds is 1. The third kappa shape index (κ3) is 1.91. The molecule has 0 spiro atoms. The zero-order valence-electron chi connectivity index (χ0n) is 12.9. The van der Waals surface area contributed by atoms with Crippen molar-refractivity contribution < 1.29 is 0 Å². The van der Waals surface area contributed by atoms with Gasteiger partial charge in [-0.05, 0) is 59.6 Å². The standard InChI is InChI=1S/C19H15BrN2O/c1-12-13(2)21-16-11-7-6-10-15(16)19(23)22(18(21)17(12)20)14-8-4-3-5-9-14/h3-11H,1-2H3. The summed E-state index contributed by atoms with van der Waals surface area (Å²) in [5, 5.41) is 0.717. The topological polar surface area (TPSA) is 26.4 Å². The first-order chi connectivity index (χ1) is 11.1. The summed E-state index contributed by atoms with van der Waals surface area (Å²) in [5.74, 6) is 0. The molecule has 3 nitrogen and oxygen atoms in total. The van der Waals surface area contributed by atoms with E-state index in [4.69, 9.17) is 0 Å². The van der Waals surface area contributed by atoms with Gasteiger partial charge in [0, 0.05) is 5.69 Å². The molecule has 23 heavy (non-hydrogen) atoms. The van der Waals surface area contributed by atoms with E-state index in [1.54, 1.807) is 4.57 Å². The molecule has 0 amide bonds. The van der Waals surface area contributed by atoms with Gasteiger partial charge in [-0.1, -0.05) is 30.3 Å². The van der Waals surface area contributed by atoms with Gasteiger partial charge in [-0.2, -0.15) is 0 Å². The number of benzene rings is 2. The van der Waals surface area contributed by atoms with Gasteiger partial charge in [-0.3, -0.25) is 13.8 Å². The lowest BCUT2D eigenvalue weighted by atomic mass is 10.2. The molecule has 2 aromatic carbocycles. The summed E-state index contributed by atoms with van der Waals surface area (Å²) in [4.78, 5) is 13.1. The maximum absolute atomic E-state index is 13.1. The second kappa shape index (κ2) is 5.10. The first kappa shape index (κ1) is 14.3. The summed E-state index contributed by atoms with van der Waals surface area (Å²) in [6.45, 7) is 4.15. The van der Waals surface area contributed by atoms with Crippen molar-refractivity contribution in [1.29, 1.82) is 0 Å². The second-order valence-electron chi connectivity index (χ2n) is 5.68. The number of fused-ring (bicyclic) bond motifs is 3. The predicted molar refractivity (Wildman–Crippen MR) is 97.7 cm³/mol. The fraction of sp³-hybridized carbons (Fsp3) is 0.105. The van der Waals surface area contributed by atoms with Crippen molar-refractivity contribution in [3.63, 3.8) is 0 Å². The highest BCUT2D eigenvalue weighted by Crippen LogP contribution is 2.31. The Morgan fingerprint density at radius 3 is 2.30 bits per heavy atom. The number of hydrogen-bond acceptors (Lipinski definition) is 1. The van der Waals surface area contributed by atoms with Crippen molar-refractivity contribution in [3.05, 3.63) is 80.7 Å². The summed E-state index contributed by atoms with van der Waals surface area (Å²) in [6, 6.07) is 17.5. The first-order valence-corrected chi connectivity index (χ1v) is 8.27. The third-order valence-corrected chi connectivity index (χ3v) is 5.37. The summed E-state index contributed by atoms with van der Waals surface area (Å²) in [6.07, 6.45) is 0. The van der Waals surface area contributed by atoms with Gasteiger partial charge in [0.2, 0.25) is 0 Å². The van der Waals surface area contributed by atoms with Crippen molar-refractivity contribution in [1.82, 2.24) is 8.97 Å². The van der Waals surface area contributed by atoms with Crippen LogP contribution in [0.3, 0.4) is 0 Å². The number of aromatic nitrogens is 2. The van der Waals surface area contributed by atoms with Crippen LogP contribution in [0.4, 0.5) is 0 Å². The second-order valence-corrected chi connectivity index (χ2v) is 6.47. The number of para-hydroxylation sites is 2. The van der Waals surface area contributed by atoms with Gasteiger partial charge in [-0.25, -0.2) is 0 Å². The van der Waals surface area contributed by atoms with E-state index in [2.05, 4.69) is 34.2 Å². The summed E-state index contributed by atoms with van der Waals surface area (Å²) in [7, 11) is 0. The van der Waals surface area contributed by atoms with E-state index in [1.807, 2.05) is 54.6 Å². The maximum atomic E-state index is 13.1. The Bertz CT molecular complexity index is 1110. The van der Waals surface area contributed by atoms with Gasteiger partial charge in [0.15, 0.2) is 0 Å². The molecule has 2 aromatic heterocycles. The van der Waals surface area contributed by atoms with Gasteiger partial charge in [-0.15, -0.1) is 0 Å². The zero-order valence-corrected chi connectivity index (χ0v) is 14.5. The van der Waals surface area contributed by atoms with Crippen molar-refractivity contribution in [2.45, 2.75) is 13.8 Å². The highest BCUT2D eigenvalue weighted by atomic mass is 79.9. The average Bonchev–Trinajstić information content (AvgIpc) is 2.81. The van der Waals surface area contributed by atoms with Crippen molar-refractivity contribution in [3.8, 4) is 5.69 Å². The molecule has 0 aliphatic rings. The summed E-state index contributed by atoms with van der Waals surface area (Å²) < 4.78 is 4.90. The quantitative estimate of drug-likeness (QED) is 0.482. The molecule has 4 heteroatoms. The van der Waals surface area contributed by atoms with Crippen LogP contribution in [0.2, 0.25) is 0 Å². The number of nitrogens with zero attached hydrogens (tertiary/aromatic N) is 2. The molecule has 0 fully saturated rings. The lowest BCUT2D eigenvalue weighted by molar-refractivity contribution is 0.982. The van der Waals surface area contributed by atoms with Gasteiger partial charge < -0.3 is 0 Å². The van der Waals surface area contributed by atoms with Crippen LogP contribution in [-0.4, -0.2) is 8.97 Å². The minimum atomic E-state index is -0.00231. The summed E-state index contributed by atoms with van der Waals surface area (Å²) in [5.41, 5.74) is 4.95. The largest absolute Gasteiger partial charge is 0.298 e. The molecule has 114 valence electrons. The van der Waals surface area contributed by atoms with Crippen LogP contribution >= 0.6 is 15.9 Å². The molecular weight excluding hydrogens is 352 g/mol. The number of aryl methyl sites for hydroxylation is 1. The maximum Gasteiger partial charge on any atom is 0.266 e. The number of hydrogen-bond donors (Lipinski definition) is 0. The lowest BCUT2D eigenvalue weighted by Gasteiger charge is -2.13. The van der Waals surface area contributed by atoms with Crippen LogP contribution in [0.5, 0.6) is 0 Å². The highest BCUT2D eigenvalue weighted by molar-refractivity contribution is 9.10. The number of halogens is 1. The average molecular weight is 367 g/mol. The van der Waals surface area contributed by atoms with E-state index in [9.17, 15) is 4.79 Å². The van der Waals surface area contributed by atoms with E-state index in [1.165, 1.54) is 0 Å². The van der Waals surface area contributed by atoms with E-state index >= 15 is 0 Å². The molecule has 0 unspecified atom stereocenters. The van der Waals surface area contributed by atoms with Crippen molar-refractivity contribution in [2.75, 3.05) is 0 Å². The van der Waals surface area contributed by atoms with E-state index in [-0.39, 0.29) is 5.56 Å². The lowest BCUT2D eigenvalue weighted by Crippen LogP contribution is -2.21. The van der Waals surface area contributed by atoms with Gasteiger partial charge in [0.1, 0.15) is 5.65 Å².